The molecule has 2 aromatic heterocycles. The zero-order valence-corrected chi connectivity index (χ0v) is 11.5. The maximum absolute atomic E-state index is 5.70. The van der Waals surface area contributed by atoms with Gasteiger partial charge in [-0.3, -0.25) is 0 Å². The Kier molecular flexibility index (Phi) is 2.94. The first-order valence-electron chi connectivity index (χ1n) is 5.83. The summed E-state index contributed by atoms with van der Waals surface area (Å²) < 4.78 is 11.1. The Bertz CT molecular complexity index is 713. The summed E-state index contributed by atoms with van der Waals surface area (Å²) in [6.07, 6.45) is 0. The Balaban J connectivity index is 1.78. The molecule has 0 amide bonds. The van der Waals surface area contributed by atoms with Gasteiger partial charge >= 0.3 is 0 Å². The van der Waals surface area contributed by atoms with Crippen molar-refractivity contribution < 1.29 is 8.83 Å². The molecule has 0 saturated carbocycles. The van der Waals surface area contributed by atoms with Gasteiger partial charge in [0.15, 0.2) is 5.58 Å². The fourth-order valence-corrected chi connectivity index (χ4v) is 2.44. The minimum Gasteiger partial charge on any atom is -0.440 e. The third kappa shape index (κ3) is 2.44. The third-order valence-corrected chi connectivity index (χ3v) is 3.60. The van der Waals surface area contributed by atoms with Crippen LogP contribution in [0.1, 0.15) is 17.3 Å². The molecule has 0 atom stereocenters. The molecule has 3 rings (SSSR count). The van der Waals surface area contributed by atoms with Crippen molar-refractivity contribution in [2.24, 2.45) is 0 Å². The van der Waals surface area contributed by atoms with E-state index in [-0.39, 0.29) is 0 Å². The van der Waals surface area contributed by atoms with Crippen LogP contribution in [0.15, 0.2) is 32.3 Å². The molecule has 0 radical (unpaired) electrons. The molecule has 0 bridgehead atoms. The van der Waals surface area contributed by atoms with E-state index in [1.165, 1.54) is 11.8 Å². The Morgan fingerprint density at radius 1 is 1.21 bits per heavy atom. The summed E-state index contributed by atoms with van der Waals surface area (Å²) in [4.78, 5) is 8.69. The van der Waals surface area contributed by atoms with Crippen molar-refractivity contribution in [3.63, 3.8) is 0 Å². The number of nitrogens with two attached hydrogens (primary N) is 1. The van der Waals surface area contributed by atoms with E-state index in [1.54, 1.807) is 6.07 Å². The molecule has 6 heteroatoms. The highest BCUT2D eigenvalue weighted by Gasteiger charge is 2.10. The Hall–Kier alpha value is -1.95. The van der Waals surface area contributed by atoms with Crippen LogP contribution in [0.4, 0.5) is 5.69 Å². The van der Waals surface area contributed by atoms with E-state index >= 15 is 0 Å². The topological polar surface area (TPSA) is 78.1 Å². The molecule has 98 valence electrons. The van der Waals surface area contributed by atoms with Gasteiger partial charge in [-0.25, -0.2) is 9.97 Å². The van der Waals surface area contributed by atoms with Gasteiger partial charge in [0.1, 0.15) is 11.3 Å². The van der Waals surface area contributed by atoms with Crippen LogP contribution in [0.3, 0.4) is 0 Å². The number of aromatic nitrogens is 2. The largest absolute Gasteiger partial charge is 0.440 e. The number of oxazole rings is 2. The summed E-state index contributed by atoms with van der Waals surface area (Å²) in [5.41, 5.74) is 8.79. The molecule has 3 aromatic rings. The van der Waals surface area contributed by atoms with E-state index in [0.29, 0.717) is 28.1 Å². The van der Waals surface area contributed by atoms with Crippen molar-refractivity contribution in [1.82, 2.24) is 9.97 Å². The van der Waals surface area contributed by atoms with Crippen LogP contribution in [0.5, 0.6) is 0 Å². The number of rotatable bonds is 3. The minimum absolute atomic E-state index is 0.577. The van der Waals surface area contributed by atoms with Gasteiger partial charge in [0.05, 0.1) is 11.4 Å². The molecule has 0 aliphatic rings. The Labute approximate surface area is 114 Å². The first-order chi connectivity index (χ1) is 9.11. The van der Waals surface area contributed by atoms with Crippen LogP contribution in [-0.4, -0.2) is 9.97 Å². The number of nitrogens with zero attached hydrogens (tertiary/aromatic N) is 2. The summed E-state index contributed by atoms with van der Waals surface area (Å²) in [5, 5.41) is 0.636. The van der Waals surface area contributed by atoms with Gasteiger partial charge in [0.25, 0.3) is 5.22 Å². The lowest BCUT2D eigenvalue weighted by molar-refractivity contribution is 0.430. The third-order valence-electron chi connectivity index (χ3n) is 2.78. The first kappa shape index (κ1) is 12.1. The van der Waals surface area contributed by atoms with Crippen molar-refractivity contribution in [2.45, 2.75) is 24.8 Å². The number of nitrogen functional groups attached to an aromatic ring is 1. The number of aryl methyl sites for hydroxylation is 2. The van der Waals surface area contributed by atoms with Crippen molar-refractivity contribution in [3.05, 3.63) is 35.5 Å². The second-order valence-electron chi connectivity index (χ2n) is 4.24. The number of benzene rings is 1. The van der Waals surface area contributed by atoms with Crippen LogP contribution in [-0.2, 0) is 5.75 Å². The molecule has 5 nitrogen and oxygen atoms in total. The number of thioether (sulfide) groups is 1. The van der Waals surface area contributed by atoms with Crippen molar-refractivity contribution in [1.29, 1.82) is 0 Å². The van der Waals surface area contributed by atoms with Crippen molar-refractivity contribution in [3.8, 4) is 0 Å². The van der Waals surface area contributed by atoms with E-state index in [2.05, 4.69) is 9.97 Å². The molecule has 2 N–H and O–H groups in total. The molecule has 1 aromatic carbocycles. The maximum Gasteiger partial charge on any atom is 0.256 e. The van der Waals surface area contributed by atoms with Crippen LogP contribution >= 0.6 is 11.8 Å². The van der Waals surface area contributed by atoms with Crippen LogP contribution in [0.25, 0.3) is 11.1 Å². The van der Waals surface area contributed by atoms with Gasteiger partial charge in [0.2, 0.25) is 5.89 Å². The molecule has 2 heterocycles. The second kappa shape index (κ2) is 4.62. The van der Waals surface area contributed by atoms with Gasteiger partial charge in [-0.05, 0) is 26.0 Å². The lowest BCUT2D eigenvalue weighted by Gasteiger charge is -1.91. The molecule has 0 saturated heterocycles. The van der Waals surface area contributed by atoms with Crippen molar-refractivity contribution in [2.75, 3.05) is 5.73 Å². The van der Waals surface area contributed by atoms with E-state index in [4.69, 9.17) is 14.6 Å². The number of fused-ring (bicyclic) bond motifs is 1. The van der Waals surface area contributed by atoms with E-state index in [1.807, 2.05) is 26.0 Å². The smallest absolute Gasteiger partial charge is 0.256 e. The highest BCUT2D eigenvalue weighted by Crippen LogP contribution is 2.26. The zero-order valence-electron chi connectivity index (χ0n) is 10.6. The minimum atomic E-state index is 0.577. The Morgan fingerprint density at radius 2 is 2.05 bits per heavy atom. The SMILES string of the molecule is Cc1nc(SCc2nc3ccc(N)cc3o2)oc1C. The monoisotopic (exact) mass is 275 g/mol. The highest BCUT2D eigenvalue weighted by atomic mass is 32.2. The van der Waals surface area contributed by atoms with Gasteiger partial charge in [-0.2, -0.15) is 0 Å². The van der Waals surface area contributed by atoms with E-state index in [0.717, 1.165) is 17.0 Å². The van der Waals surface area contributed by atoms with Gasteiger partial charge in [-0.15, -0.1) is 0 Å². The zero-order chi connectivity index (χ0) is 13.4. The van der Waals surface area contributed by atoms with E-state index in [9.17, 15) is 0 Å². The lowest BCUT2D eigenvalue weighted by atomic mass is 10.3. The first-order valence-corrected chi connectivity index (χ1v) is 6.82. The molecule has 0 fully saturated rings. The molecule has 0 aliphatic heterocycles. The average Bonchev–Trinajstić information content (AvgIpc) is 2.90. The highest BCUT2D eigenvalue weighted by molar-refractivity contribution is 7.98. The Morgan fingerprint density at radius 3 is 2.79 bits per heavy atom. The lowest BCUT2D eigenvalue weighted by Crippen LogP contribution is -1.81. The standard InChI is InChI=1S/C13H13N3O2S/c1-7-8(2)17-13(15-7)19-6-12-16-10-4-3-9(14)5-11(10)18-12/h3-5H,6,14H2,1-2H3. The molecular formula is C13H13N3O2S. The maximum atomic E-state index is 5.70. The molecule has 0 unspecified atom stereocenters. The summed E-state index contributed by atoms with van der Waals surface area (Å²) in [5.74, 6) is 2.06. The summed E-state index contributed by atoms with van der Waals surface area (Å²) >= 11 is 1.46. The van der Waals surface area contributed by atoms with Crippen molar-refractivity contribution >= 4 is 28.5 Å². The fourth-order valence-electron chi connectivity index (χ4n) is 1.68. The molecule has 0 aliphatic carbocycles. The predicted molar refractivity (Wildman–Crippen MR) is 74.0 cm³/mol. The average molecular weight is 275 g/mol. The quantitative estimate of drug-likeness (QED) is 0.583. The number of hydrogen-bond acceptors (Lipinski definition) is 6. The van der Waals surface area contributed by atoms with E-state index < -0.39 is 0 Å². The normalized spacial score (nSPS) is 11.3. The number of anilines is 1. The predicted octanol–water partition coefficient (Wildman–Crippen LogP) is 3.31. The van der Waals surface area contributed by atoms with Crippen LogP contribution in [0.2, 0.25) is 0 Å². The fraction of sp³-hybridized carbons (Fsp3) is 0.231. The van der Waals surface area contributed by atoms with Crippen LogP contribution < -0.4 is 5.73 Å². The summed E-state index contributed by atoms with van der Waals surface area (Å²) in [6, 6.07) is 5.43. The van der Waals surface area contributed by atoms with Gasteiger partial charge in [0, 0.05) is 11.8 Å². The summed E-state index contributed by atoms with van der Waals surface area (Å²) in [7, 11) is 0. The number of hydrogen-bond donors (Lipinski definition) is 1. The van der Waals surface area contributed by atoms with Gasteiger partial charge < -0.3 is 14.6 Å². The molecule has 0 spiro atoms. The molecule has 19 heavy (non-hydrogen) atoms. The van der Waals surface area contributed by atoms with Crippen LogP contribution in [0, 0.1) is 13.8 Å². The summed E-state index contributed by atoms with van der Waals surface area (Å²) in [6.45, 7) is 3.82. The molecular weight excluding hydrogens is 262 g/mol. The second-order valence-corrected chi connectivity index (χ2v) is 5.17. The van der Waals surface area contributed by atoms with Gasteiger partial charge in [-0.1, -0.05) is 11.8 Å².